The number of hydrogen-bond donors (Lipinski definition) is 2. The van der Waals surface area contributed by atoms with E-state index in [2.05, 4.69) is 10.0 Å². The molecule has 6 heteroatoms. The Morgan fingerprint density at radius 1 is 1.35 bits per heavy atom. The van der Waals surface area contributed by atoms with E-state index in [1.54, 1.807) is 0 Å². The molecule has 0 aromatic rings. The highest BCUT2D eigenvalue weighted by Crippen LogP contribution is 2.11. The van der Waals surface area contributed by atoms with Gasteiger partial charge in [0.15, 0.2) is 0 Å². The molecular formula is C11H24N2O3S. The molecule has 2 N–H and O–H groups in total. The van der Waals surface area contributed by atoms with Crippen molar-refractivity contribution in [2.45, 2.75) is 26.2 Å². The van der Waals surface area contributed by atoms with E-state index >= 15 is 0 Å². The van der Waals surface area contributed by atoms with E-state index in [1.165, 1.54) is 0 Å². The molecular weight excluding hydrogens is 240 g/mol. The molecule has 0 bridgehead atoms. The highest BCUT2D eigenvalue weighted by atomic mass is 32.2. The Bertz CT molecular complexity index is 287. The first-order valence-electron chi connectivity index (χ1n) is 6.40. The molecule has 0 aromatic heterocycles. The fourth-order valence-corrected chi connectivity index (χ4v) is 3.00. The lowest BCUT2D eigenvalue weighted by molar-refractivity contribution is 0.186. The second kappa shape index (κ2) is 8.02. The van der Waals surface area contributed by atoms with Gasteiger partial charge >= 0.3 is 0 Å². The smallest absolute Gasteiger partial charge is 0.211 e. The summed E-state index contributed by atoms with van der Waals surface area (Å²) < 4.78 is 31.2. The van der Waals surface area contributed by atoms with Gasteiger partial charge in [0.2, 0.25) is 10.0 Å². The number of nitrogens with one attached hydrogen (secondary N) is 2. The van der Waals surface area contributed by atoms with Crippen LogP contribution < -0.4 is 10.0 Å². The molecule has 1 unspecified atom stereocenters. The lowest BCUT2D eigenvalue weighted by Gasteiger charge is -2.10. The van der Waals surface area contributed by atoms with Crippen LogP contribution in [-0.4, -0.2) is 47.0 Å². The van der Waals surface area contributed by atoms with Crippen molar-refractivity contribution in [3.8, 4) is 0 Å². The topological polar surface area (TPSA) is 67.4 Å². The maximum Gasteiger partial charge on any atom is 0.211 e. The maximum atomic E-state index is 11.6. The number of unbranched alkanes of at least 4 members (excludes halogenated alkanes) is 1. The molecule has 0 amide bonds. The number of rotatable bonds is 9. The highest BCUT2D eigenvalue weighted by molar-refractivity contribution is 7.89. The van der Waals surface area contributed by atoms with Crippen LogP contribution in [0.25, 0.3) is 0 Å². The number of ether oxygens (including phenoxy) is 1. The normalized spacial score (nSPS) is 20.9. The van der Waals surface area contributed by atoms with Gasteiger partial charge in [-0.25, -0.2) is 13.1 Å². The monoisotopic (exact) mass is 264 g/mol. The molecule has 1 atom stereocenters. The molecule has 1 fully saturated rings. The van der Waals surface area contributed by atoms with Crippen LogP contribution >= 0.6 is 0 Å². The second-order valence-electron chi connectivity index (χ2n) is 4.46. The van der Waals surface area contributed by atoms with E-state index in [0.29, 0.717) is 25.5 Å². The molecule has 0 spiro atoms. The summed E-state index contributed by atoms with van der Waals surface area (Å²) in [7, 11) is -3.09. The predicted molar refractivity (Wildman–Crippen MR) is 68.5 cm³/mol. The summed E-state index contributed by atoms with van der Waals surface area (Å²) in [5.74, 6) is 0.581. The van der Waals surface area contributed by atoms with Gasteiger partial charge in [0.05, 0.1) is 12.4 Å². The maximum absolute atomic E-state index is 11.6. The first-order valence-corrected chi connectivity index (χ1v) is 8.05. The largest absolute Gasteiger partial charge is 0.381 e. The molecule has 1 aliphatic heterocycles. The quantitative estimate of drug-likeness (QED) is 0.589. The first kappa shape index (κ1) is 14.9. The van der Waals surface area contributed by atoms with Crippen LogP contribution in [0, 0.1) is 5.92 Å². The first-order chi connectivity index (χ1) is 8.14. The van der Waals surface area contributed by atoms with Crippen LogP contribution in [0.5, 0.6) is 0 Å². The SMILES string of the molecule is CCNCCCCS(=O)(=O)NCC1CCOC1. The molecule has 0 saturated carbocycles. The number of hydrogen-bond acceptors (Lipinski definition) is 4. The van der Waals surface area contributed by atoms with Crippen LogP contribution in [-0.2, 0) is 14.8 Å². The molecule has 0 aliphatic carbocycles. The van der Waals surface area contributed by atoms with Crippen molar-refractivity contribution < 1.29 is 13.2 Å². The van der Waals surface area contributed by atoms with E-state index in [9.17, 15) is 8.42 Å². The second-order valence-corrected chi connectivity index (χ2v) is 6.38. The van der Waals surface area contributed by atoms with Crippen molar-refractivity contribution in [1.82, 2.24) is 10.0 Å². The van der Waals surface area contributed by atoms with E-state index < -0.39 is 10.0 Å². The Balaban J connectivity index is 2.08. The van der Waals surface area contributed by atoms with E-state index in [-0.39, 0.29) is 5.75 Å². The van der Waals surface area contributed by atoms with Crippen molar-refractivity contribution in [3.63, 3.8) is 0 Å². The van der Waals surface area contributed by atoms with Crippen molar-refractivity contribution in [3.05, 3.63) is 0 Å². The zero-order valence-electron chi connectivity index (χ0n) is 10.6. The van der Waals surface area contributed by atoms with Gasteiger partial charge in [0, 0.05) is 13.2 Å². The van der Waals surface area contributed by atoms with Gasteiger partial charge in [0.25, 0.3) is 0 Å². The lowest BCUT2D eigenvalue weighted by Crippen LogP contribution is -2.31. The van der Waals surface area contributed by atoms with Gasteiger partial charge in [-0.3, -0.25) is 0 Å². The summed E-state index contributed by atoms with van der Waals surface area (Å²) in [4.78, 5) is 0. The average Bonchev–Trinajstić information content (AvgIpc) is 2.79. The van der Waals surface area contributed by atoms with E-state index in [0.717, 1.165) is 32.5 Å². The third-order valence-corrected chi connectivity index (χ3v) is 4.32. The predicted octanol–water partition coefficient (Wildman–Crippen LogP) is 0.332. The lowest BCUT2D eigenvalue weighted by atomic mass is 10.1. The molecule has 102 valence electrons. The zero-order valence-corrected chi connectivity index (χ0v) is 11.4. The standard InChI is InChI=1S/C11H24N2O3S/c1-2-12-6-3-4-8-17(14,15)13-9-11-5-7-16-10-11/h11-13H,2-10H2,1H3. The number of sulfonamides is 1. The third kappa shape index (κ3) is 6.98. The fraction of sp³-hybridized carbons (Fsp3) is 1.00. The van der Waals surface area contributed by atoms with Crippen molar-refractivity contribution >= 4 is 10.0 Å². The minimum atomic E-state index is -3.09. The van der Waals surface area contributed by atoms with Crippen LogP contribution in [0.1, 0.15) is 26.2 Å². The Morgan fingerprint density at radius 3 is 2.82 bits per heavy atom. The van der Waals surface area contributed by atoms with Crippen molar-refractivity contribution in [1.29, 1.82) is 0 Å². The zero-order chi connectivity index (χ0) is 12.6. The Morgan fingerprint density at radius 2 is 2.18 bits per heavy atom. The van der Waals surface area contributed by atoms with Crippen LogP contribution in [0.3, 0.4) is 0 Å². The molecule has 5 nitrogen and oxygen atoms in total. The molecule has 1 saturated heterocycles. The van der Waals surface area contributed by atoms with Gasteiger partial charge in [-0.15, -0.1) is 0 Å². The third-order valence-electron chi connectivity index (χ3n) is 2.88. The summed E-state index contributed by atoms with van der Waals surface area (Å²) >= 11 is 0. The van der Waals surface area contributed by atoms with Gasteiger partial charge in [-0.05, 0) is 38.3 Å². The van der Waals surface area contributed by atoms with Crippen molar-refractivity contribution in [2.24, 2.45) is 5.92 Å². The van der Waals surface area contributed by atoms with Gasteiger partial charge < -0.3 is 10.1 Å². The molecule has 0 radical (unpaired) electrons. The van der Waals surface area contributed by atoms with E-state index in [1.807, 2.05) is 6.92 Å². The van der Waals surface area contributed by atoms with Crippen LogP contribution in [0.15, 0.2) is 0 Å². The van der Waals surface area contributed by atoms with Gasteiger partial charge in [-0.2, -0.15) is 0 Å². The molecule has 1 aliphatic rings. The average molecular weight is 264 g/mol. The minimum Gasteiger partial charge on any atom is -0.381 e. The summed E-state index contributed by atoms with van der Waals surface area (Å²) in [5.41, 5.74) is 0. The molecule has 0 aromatic carbocycles. The van der Waals surface area contributed by atoms with Gasteiger partial charge in [0.1, 0.15) is 0 Å². The summed E-state index contributed by atoms with van der Waals surface area (Å²) in [6.45, 7) is 5.84. The minimum absolute atomic E-state index is 0.228. The fourth-order valence-electron chi connectivity index (χ4n) is 1.78. The van der Waals surface area contributed by atoms with Crippen molar-refractivity contribution in [2.75, 3.05) is 38.6 Å². The van der Waals surface area contributed by atoms with Crippen LogP contribution in [0.4, 0.5) is 0 Å². The van der Waals surface area contributed by atoms with E-state index in [4.69, 9.17) is 4.74 Å². The summed E-state index contributed by atoms with van der Waals surface area (Å²) in [6.07, 6.45) is 2.58. The van der Waals surface area contributed by atoms with Gasteiger partial charge in [-0.1, -0.05) is 6.92 Å². The highest BCUT2D eigenvalue weighted by Gasteiger charge is 2.18. The molecule has 17 heavy (non-hydrogen) atoms. The van der Waals surface area contributed by atoms with Crippen LogP contribution in [0.2, 0.25) is 0 Å². The molecule has 1 rings (SSSR count). The summed E-state index contributed by atoms with van der Waals surface area (Å²) in [5, 5.41) is 3.18. The summed E-state index contributed by atoms with van der Waals surface area (Å²) in [6, 6.07) is 0. The Labute approximate surface area is 104 Å². The Hall–Kier alpha value is -0.170. The Kier molecular flexibility index (Phi) is 7.03. The molecule has 1 heterocycles.